The minimum atomic E-state index is -4.08. The number of benzene rings is 4. The van der Waals surface area contributed by atoms with Crippen molar-refractivity contribution in [3.05, 3.63) is 111 Å². The van der Waals surface area contributed by atoms with Crippen LogP contribution >= 0.6 is 11.3 Å². The lowest BCUT2D eigenvalue weighted by atomic mass is 10.1. The number of aromatic nitrogens is 2. The van der Waals surface area contributed by atoms with E-state index in [1.165, 1.54) is 17.4 Å². The first kappa shape index (κ1) is 20.6. The first-order chi connectivity index (χ1) is 16.5. The summed E-state index contributed by atoms with van der Waals surface area (Å²) < 4.78 is 33.6. The normalized spacial score (nSPS) is 12.6. The van der Waals surface area contributed by atoms with Gasteiger partial charge in [0.15, 0.2) is 4.96 Å². The van der Waals surface area contributed by atoms with E-state index in [0.717, 1.165) is 21.8 Å². The van der Waals surface area contributed by atoms with E-state index in [1.54, 1.807) is 46.9 Å². The molecule has 0 amide bonds. The highest BCUT2D eigenvalue weighted by atomic mass is 32.2. The Kier molecular flexibility index (Phi) is 4.72. The average Bonchev–Trinajstić information content (AvgIpc) is 3.36. The van der Waals surface area contributed by atoms with Gasteiger partial charge in [0.1, 0.15) is 10.6 Å². The Bertz CT molecular complexity index is 1940. The first-order valence-electron chi connectivity index (χ1n) is 10.4. The molecule has 0 aliphatic rings. The third-order valence-corrected chi connectivity index (χ3v) is 7.76. The zero-order valence-electron chi connectivity index (χ0n) is 17.6. The second kappa shape index (κ2) is 7.79. The molecule has 0 N–H and O–H groups in total. The topological polar surface area (TPSA) is 77.7 Å². The van der Waals surface area contributed by atoms with Crippen LogP contribution in [0.5, 0.6) is 5.75 Å². The summed E-state index contributed by atoms with van der Waals surface area (Å²) in [6.45, 7) is 0. The van der Waals surface area contributed by atoms with Crippen molar-refractivity contribution in [2.24, 2.45) is 0 Å². The van der Waals surface area contributed by atoms with Crippen LogP contribution in [0.2, 0.25) is 0 Å². The highest BCUT2D eigenvalue weighted by molar-refractivity contribution is 7.87. The van der Waals surface area contributed by atoms with E-state index in [-0.39, 0.29) is 16.2 Å². The molecule has 6 aromatic rings. The minimum Gasteiger partial charge on any atom is -0.378 e. The first-order valence-corrected chi connectivity index (χ1v) is 12.7. The molecule has 0 unspecified atom stereocenters. The SMILES string of the molecule is O=c1/c(=C\c2ccccc2OS(=O)(=O)c2ccc3ccccc3c2)sc2nc3ccccc3n12. The van der Waals surface area contributed by atoms with Gasteiger partial charge in [-0.25, -0.2) is 9.38 Å². The highest BCUT2D eigenvalue weighted by Crippen LogP contribution is 2.26. The Morgan fingerprint density at radius 2 is 1.59 bits per heavy atom. The van der Waals surface area contributed by atoms with Crippen LogP contribution in [0.1, 0.15) is 5.56 Å². The maximum absolute atomic E-state index is 13.1. The summed E-state index contributed by atoms with van der Waals surface area (Å²) in [6.07, 6.45) is 1.64. The predicted molar refractivity (Wildman–Crippen MR) is 134 cm³/mol. The fraction of sp³-hybridized carbons (Fsp3) is 0. The molecular weight excluding hydrogens is 468 g/mol. The molecule has 0 atom stereocenters. The fourth-order valence-electron chi connectivity index (χ4n) is 3.92. The standard InChI is InChI=1S/C26H16N2O4S2/c29-25-24(33-26-27-21-10-4-5-11-22(21)28(25)26)16-19-9-3-6-12-23(19)32-34(30,31)20-14-13-17-7-1-2-8-18(17)15-20/h1-16H/b24-16+. The van der Waals surface area contributed by atoms with E-state index in [4.69, 9.17) is 4.18 Å². The van der Waals surface area contributed by atoms with Crippen molar-refractivity contribution >= 4 is 54.3 Å². The second-order valence-electron chi connectivity index (χ2n) is 7.72. The number of rotatable bonds is 4. The van der Waals surface area contributed by atoms with Gasteiger partial charge in [-0.2, -0.15) is 8.42 Å². The van der Waals surface area contributed by atoms with Gasteiger partial charge in [-0.3, -0.25) is 4.79 Å². The maximum atomic E-state index is 13.1. The van der Waals surface area contributed by atoms with E-state index in [1.807, 2.05) is 48.5 Å². The molecule has 0 saturated heterocycles. The number of hydrogen-bond acceptors (Lipinski definition) is 6. The van der Waals surface area contributed by atoms with Crippen LogP contribution in [-0.4, -0.2) is 17.8 Å². The lowest BCUT2D eigenvalue weighted by molar-refractivity contribution is 0.485. The van der Waals surface area contributed by atoms with Crippen molar-refractivity contribution in [3.8, 4) is 5.75 Å². The molecule has 2 heterocycles. The number of thiazole rings is 1. The second-order valence-corrected chi connectivity index (χ2v) is 10.3. The van der Waals surface area contributed by atoms with Crippen LogP contribution in [0.15, 0.2) is 101 Å². The third kappa shape index (κ3) is 3.44. The van der Waals surface area contributed by atoms with Gasteiger partial charge in [-0.05, 0) is 47.2 Å². The summed E-state index contributed by atoms with van der Waals surface area (Å²) in [4.78, 5) is 18.3. The zero-order chi connectivity index (χ0) is 23.3. The van der Waals surface area contributed by atoms with Crippen molar-refractivity contribution in [1.29, 1.82) is 0 Å². The molecule has 0 spiro atoms. The summed E-state index contributed by atoms with van der Waals surface area (Å²) in [7, 11) is -4.08. The fourth-order valence-corrected chi connectivity index (χ4v) is 5.89. The number of para-hydroxylation sites is 3. The molecule has 0 bridgehead atoms. The van der Waals surface area contributed by atoms with Gasteiger partial charge < -0.3 is 4.18 Å². The van der Waals surface area contributed by atoms with E-state index < -0.39 is 10.1 Å². The molecule has 34 heavy (non-hydrogen) atoms. The average molecular weight is 485 g/mol. The zero-order valence-corrected chi connectivity index (χ0v) is 19.2. The Morgan fingerprint density at radius 3 is 2.47 bits per heavy atom. The Labute approximate surface area is 198 Å². The molecule has 0 saturated carbocycles. The molecule has 0 fully saturated rings. The monoisotopic (exact) mass is 484 g/mol. The summed E-state index contributed by atoms with van der Waals surface area (Å²) >= 11 is 1.25. The van der Waals surface area contributed by atoms with Crippen LogP contribution in [-0.2, 0) is 10.1 Å². The largest absolute Gasteiger partial charge is 0.378 e. The van der Waals surface area contributed by atoms with Crippen molar-refractivity contribution in [3.63, 3.8) is 0 Å². The van der Waals surface area contributed by atoms with E-state index in [9.17, 15) is 13.2 Å². The van der Waals surface area contributed by atoms with Crippen LogP contribution < -0.4 is 14.3 Å². The number of fused-ring (bicyclic) bond motifs is 4. The van der Waals surface area contributed by atoms with Gasteiger partial charge in [-0.15, -0.1) is 0 Å². The van der Waals surface area contributed by atoms with Crippen LogP contribution in [0.3, 0.4) is 0 Å². The molecule has 0 aliphatic heterocycles. The molecule has 2 aromatic heterocycles. The number of hydrogen-bond donors (Lipinski definition) is 0. The third-order valence-electron chi connectivity index (χ3n) is 5.56. The summed E-state index contributed by atoms with van der Waals surface area (Å²) in [5.41, 5.74) is 1.77. The molecule has 0 aliphatic carbocycles. The highest BCUT2D eigenvalue weighted by Gasteiger charge is 2.19. The Balaban J connectivity index is 1.43. The maximum Gasteiger partial charge on any atom is 0.339 e. The molecule has 6 rings (SSSR count). The molecule has 8 heteroatoms. The predicted octanol–water partition coefficient (Wildman–Crippen LogP) is 4.38. The lowest BCUT2D eigenvalue weighted by Crippen LogP contribution is -2.22. The van der Waals surface area contributed by atoms with Gasteiger partial charge >= 0.3 is 10.1 Å². The van der Waals surface area contributed by atoms with E-state index in [2.05, 4.69) is 4.98 Å². The molecule has 4 aromatic carbocycles. The lowest BCUT2D eigenvalue weighted by Gasteiger charge is -2.10. The van der Waals surface area contributed by atoms with Crippen molar-refractivity contribution in [2.45, 2.75) is 4.90 Å². The van der Waals surface area contributed by atoms with Crippen LogP contribution in [0.25, 0.3) is 32.8 Å². The molecule has 0 radical (unpaired) electrons. The van der Waals surface area contributed by atoms with Gasteiger partial charge in [0.25, 0.3) is 5.56 Å². The number of imidazole rings is 1. The van der Waals surface area contributed by atoms with Crippen molar-refractivity contribution in [1.82, 2.24) is 9.38 Å². The van der Waals surface area contributed by atoms with Gasteiger partial charge in [0.2, 0.25) is 0 Å². The van der Waals surface area contributed by atoms with Crippen molar-refractivity contribution in [2.75, 3.05) is 0 Å². The minimum absolute atomic E-state index is 0.0616. The van der Waals surface area contributed by atoms with Crippen LogP contribution in [0, 0.1) is 0 Å². The number of nitrogens with zero attached hydrogens (tertiary/aromatic N) is 2. The smallest absolute Gasteiger partial charge is 0.339 e. The summed E-state index contributed by atoms with van der Waals surface area (Å²) in [6, 6.07) is 26.6. The van der Waals surface area contributed by atoms with E-state index in [0.29, 0.717) is 15.1 Å². The van der Waals surface area contributed by atoms with Crippen LogP contribution in [0.4, 0.5) is 0 Å². The molecular formula is C26H16N2O4S2. The van der Waals surface area contributed by atoms with E-state index >= 15 is 0 Å². The molecule has 6 nitrogen and oxygen atoms in total. The molecule has 166 valence electrons. The quantitative estimate of drug-likeness (QED) is 0.347. The van der Waals surface area contributed by atoms with Crippen molar-refractivity contribution < 1.29 is 12.6 Å². The Morgan fingerprint density at radius 1 is 0.853 bits per heavy atom. The Hall–Kier alpha value is -4.01. The van der Waals surface area contributed by atoms with Gasteiger partial charge in [0.05, 0.1) is 15.6 Å². The summed E-state index contributed by atoms with van der Waals surface area (Å²) in [5.74, 6) is 0.144. The van der Waals surface area contributed by atoms with Gasteiger partial charge in [-0.1, -0.05) is 72.0 Å². The summed E-state index contributed by atoms with van der Waals surface area (Å²) in [5, 5.41) is 1.74. The van der Waals surface area contributed by atoms with Gasteiger partial charge in [0, 0.05) is 5.56 Å².